The maximum atomic E-state index is 12.8. The second kappa shape index (κ2) is 12.1. The molecule has 2 N–H and O–H groups in total. The van der Waals surface area contributed by atoms with Crippen molar-refractivity contribution in [3.63, 3.8) is 0 Å². The molecule has 0 saturated carbocycles. The number of carbonyl (C=O) groups is 4. The maximum absolute atomic E-state index is 12.8. The Bertz CT molecular complexity index is 1250. The van der Waals surface area contributed by atoms with E-state index >= 15 is 0 Å². The van der Waals surface area contributed by atoms with Crippen molar-refractivity contribution in [1.82, 2.24) is 0 Å². The molecule has 0 aromatic heterocycles. The van der Waals surface area contributed by atoms with Gasteiger partial charge in [-0.15, -0.1) is 0 Å². The van der Waals surface area contributed by atoms with Gasteiger partial charge in [-0.05, 0) is 63.4 Å². The molecule has 0 unspecified atom stereocenters. The van der Waals surface area contributed by atoms with E-state index in [0.29, 0.717) is 41.2 Å². The van der Waals surface area contributed by atoms with Crippen LogP contribution in [-0.2, 0) is 27.3 Å². The summed E-state index contributed by atoms with van der Waals surface area (Å²) >= 11 is 0. The molecule has 37 heavy (non-hydrogen) atoms. The smallest absolute Gasteiger partial charge is 0.417 e. The molecule has 0 spiro atoms. The number of rotatable bonds is 10. The van der Waals surface area contributed by atoms with E-state index in [4.69, 9.17) is 24.1 Å². The molecule has 196 valence electrons. The minimum absolute atomic E-state index is 0.0223. The van der Waals surface area contributed by atoms with Gasteiger partial charge in [0.25, 0.3) is 0 Å². The number of allylic oxidation sites excluding steroid dienone is 2. The number of hydrogen-bond donors (Lipinski definition) is 2. The third-order valence-corrected chi connectivity index (χ3v) is 5.88. The van der Waals surface area contributed by atoms with E-state index in [1.165, 1.54) is 31.4 Å². The summed E-state index contributed by atoms with van der Waals surface area (Å²) in [5, 5.41) is 11.6. The van der Waals surface area contributed by atoms with Crippen LogP contribution in [0.15, 0.2) is 35.9 Å². The Balaban J connectivity index is 1.92. The number of carbonyl (C=O) groups excluding carboxylic acids is 3. The predicted octanol–water partition coefficient (Wildman–Crippen LogP) is 4.82. The van der Waals surface area contributed by atoms with Crippen molar-refractivity contribution in [2.24, 2.45) is 0 Å². The van der Waals surface area contributed by atoms with Gasteiger partial charge in [0.1, 0.15) is 17.9 Å². The Morgan fingerprint density at radius 2 is 1.84 bits per heavy atom. The monoisotopic (exact) mass is 511 g/mol. The van der Waals surface area contributed by atoms with Crippen LogP contribution in [-0.4, -0.2) is 42.8 Å². The highest BCUT2D eigenvalue weighted by Crippen LogP contribution is 2.43. The zero-order chi connectivity index (χ0) is 27.1. The molecule has 10 nitrogen and oxygen atoms in total. The zero-order valence-electron chi connectivity index (χ0n) is 21.1. The standard InChI is InChI=1S/C27H29NO9/c1-5-35-21(29)13-7-15(2)6-12-19-23(34-4)16(3)20-14-36-26(32)22(20)24(19)37-27(33)28-18-10-8-17(9-11-18)25(30)31/h6,8-11H,5,7,12-14H2,1-4H3,(H,28,33)(H,30,31)/b15-6+. The molecule has 0 fully saturated rings. The molecule has 2 aromatic carbocycles. The second-order valence-electron chi connectivity index (χ2n) is 8.35. The van der Waals surface area contributed by atoms with Crippen LogP contribution in [0.5, 0.6) is 11.5 Å². The van der Waals surface area contributed by atoms with Crippen LogP contribution in [0.3, 0.4) is 0 Å². The molecule has 1 aliphatic rings. The van der Waals surface area contributed by atoms with Gasteiger partial charge in [-0.1, -0.05) is 11.6 Å². The van der Waals surface area contributed by atoms with Gasteiger partial charge in [0.15, 0.2) is 5.75 Å². The lowest BCUT2D eigenvalue weighted by atomic mass is 9.94. The molecule has 1 heterocycles. The molecule has 1 amide bonds. The van der Waals surface area contributed by atoms with E-state index < -0.39 is 18.0 Å². The van der Waals surface area contributed by atoms with Crippen LogP contribution in [0.25, 0.3) is 0 Å². The van der Waals surface area contributed by atoms with Crippen molar-refractivity contribution in [2.45, 2.75) is 46.6 Å². The van der Waals surface area contributed by atoms with Crippen LogP contribution in [0.2, 0.25) is 0 Å². The number of cyclic esters (lactones) is 1. The van der Waals surface area contributed by atoms with Gasteiger partial charge in [0.2, 0.25) is 0 Å². The quantitative estimate of drug-likeness (QED) is 0.340. The fourth-order valence-electron chi connectivity index (χ4n) is 3.97. The van der Waals surface area contributed by atoms with Gasteiger partial charge in [-0.25, -0.2) is 14.4 Å². The molecule has 0 bridgehead atoms. The molecular weight excluding hydrogens is 482 g/mol. The molecule has 3 rings (SSSR count). The van der Waals surface area contributed by atoms with E-state index in [9.17, 15) is 19.2 Å². The first kappa shape index (κ1) is 27.3. The summed E-state index contributed by atoms with van der Waals surface area (Å²) in [5.74, 6) is -1.51. The number of benzene rings is 2. The van der Waals surface area contributed by atoms with Crippen LogP contribution in [0.4, 0.5) is 10.5 Å². The fourth-order valence-corrected chi connectivity index (χ4v) is 3.97. The summed E-state index contributed by atoms with van der Waals surface area (Å²) in [6.45, 7) is 5.76. The number of carboxylic acids is 1. The number of ether oxygens (including phenoxy) is 4. The van der Waals surface area contributed by atoms with Crippen molar-refractivity contribution in [2.75, 3.05) is 19.0 Å². The largest absolute Gasteiger partial charge is 0.496 e. The van der Waals surface area contributed by atoms with Crippen LogP contribution >= 0.6 is 0 Å². The number of carboxylic acid groups (broad SMARTS) is 1. The highest BCUT2D eigenvalue weighted by atomic mass is 16.6. The van der Waals surface area contributed by atoms with Gasteiger partial charge >= 0.3 is 24.0 Å². The van der Waals surface area contributed by atoms with Crippen molar-refractivity contribution < 1.29 is 43.2 Å². The maximum Gasteiger partial charge on any atom is 0.417 e. The van der Waals surface area contributed by atoms with Gasteiger partial charge in [0, 0.05) is 23.2 Å². The van der Waals surface area contributed by atoms with Crippen LogP contribution in [0, 0.1) is 6.92 Å². The highest BCUT2D eigenvalue weighted by Gasteiger charge is 2.34. The molecule has 0 atom stereocenters. The number of aromatic carboxylic acids is 1. The molecule has 0 aliphatic carbocycles. The van der Waals surface area contributed by atoms with Crippen molar-refractivity contribution in [3.05, 3.63) is 63.7 Å². The summed E-state index contributed by atoms with van der Waals surface area (Å²) < 4.78 is 21.5. The second-order valence-corrected chi connectivity index (χ2v) is 8.35. The van der Waals surface area contributed by atoms with E-state index in [1.54, 1.807) is 13.8 Å². The lowest BCUT2D eigenvalue weighted by molar-refractivity contribution is -0.143. The third kappa shape index (κ3) is 6.46. The molecule has 0 saturated heterocycles. The Labute approximate surface area is 214 Å². The minimum Gasteiger partial charge on any atom is -0.496 e. The van der Waals surface area contributed by atoms with Crippen LogP contribution in [0.1, 0.15) is 64.1 Å². The number of methoxy groups -OCH3 is 1. The van der Waals surface area contributed by atoms with Gasteiger partial charge < -0.3 is 24.1 Å². The lowest BCUT2D eigenvalue weighted by Gasteiger charge is -2.19. The normalized spacial score (nSPS) is 12.4. The number of hydrogen-bond acceptors (Lipinski definition) is 8. The van der Waals surface area contributed by atoms with E-state index in [-0.39, 0.29) is 42.3 Å². The number of fused-ring (bicyclic) bond motifs is 1. The number of esters is 2. The molecule has 10 heteroatoms. The topological polar surface area (TPSA) is 137 Å². The van der Waals surface area contributed by atoms with Gasteiger partial charge in [-0.2, -0.15) is 0 Å². The summed E-state index contributed by atoms with van der Waals surface area (Å²) in [7, 11) is 1.49. The van der Waals surface area contributed by atoms with Gasteiger partial charge in [-0.3, -0.25) is 10.1 Å². The molecule has 1 aliphatic heterocycles. The van der Waals surface area contributed by atoms with Crippen molar-refractivity contribution in [1.29, 1.82) is 0 Å². The number of nitrogens with one attached hydrogen (secondary N) is 1. The Morgan fingerprint density at radius 3 is 2.46 bits per heavy atom. The molecular formula is C27H29NO9. The SMILES string of the molecule is CCOC(=O)CC/C(C)=C/Cc1c(OC)c(C)c2c(c1OC(=O)Nc1ccc(C(=O)O)cc1)C(=O)OC2. The van der Waals surface area contributed by atoms with Crippen molar-refractivity contribution >= 4 is 29.7 Å². The highest BCUT2D eigenvalue weighted by molar-refractivity contribution is 6.00. The fraction of sp³-hybridized carbons (Fsp3) is 0.333. The average molecular weight is 512 g/mol. The Morgan fingerprint density at radius 1 is 1.14 bits per heavy atom. The van der Waals surface area contributed by atoms with Crippen LogP contribution < -0.4 is 14.8 Å². The predicted molar refractivity (Wildman–Crippen MR) is 133 cm³/mol. The van der Waals surface area contributed by atoms with E-state index in [0.717, 1.165) is 5.57 Å². The first-order valence-electron chi connectivity index (χ1n) is 11.7. The third-order valence-electron chi connectivity index (χ3n) is 5.88. The number of anilines is 1. The molecule has 2 aromatic rings. The summed E-state index contributed by atoms with van der Waals surface area (Å²) in [6.07, 6.45) is 1.97. The summed E-state index contributed by atoms with van der Waals surface area (Å²) in [4.78, 5) is 48.2. The zero-order valence-corrected chi connectivity index (χ0v) is 21.1. The first-order valence-corrected chi connectivity index (χ1v) is 11.7. The van der Waals surface area contributed by atoms with E-state index in [2.05, 4.69) is 5.32 Å². The Kier molecular flexibility index (Phi) is 8.89. The molecule has 0 radical (unpaired) electrons. The summed E-state index contributed by atoms with van der Waals surface area (Å²) in [5.41, 5.74) is 3.19. The average Bonchev–Trinajstić information content (AvgIpc) is 3.25. The Hall–Kier alpha value is -4.34. The lowest BCUT2D eigenvalue weighted by Crippen LogP contribution is -2.20. The first-order chi connectivity index (χ1) is 17.7. The van der Waals surface area contributed by atoms with E-state index in [1.807, 2.05) is 13.0 Å². The summed E-state index contributed by atoms with van der Waals surface area (Å²) in [6, 6.07) is 5.54. The van der Waals surface area contributed by atoms with Crippen molar-refractivity contribution in [3.8, 4) is 11.5 Å². The van der Waals surface area contributed by atoms with Gasteiger partial charge in [0.05, 0.1) is 19.3 Å². The number of amides is 1. The minimum atomic E-state index is -1.09.